The fourth-order valence-electron chi connectivity index (χ4n) is 3.12. The molecule has 3 aromatic rings. The van der Waals surface area contributed by atoms with Crippen LogP contribution in [0.2, 0.25) is 5.02 Å². The molecule has 0 bridgehead atoms. The first kappa shape index (κ1) is 21.3. The van der Waals surface area contributed by atoms with Gasteiger partial charge in [-0.15, -0.1) is 22.7 Å². The number of anilines is 1. The molecular formula is C18H16ClFN4O3S3. The minimum atomic E-state index is -3.87. The van der Waals surface area contributed by atoms with Crippen LogP contribution in [0.25, 0.3) is 10.4 Å². The van der Waals surface area contributed by atoms with Gasteiger partial charge in [0.25, 0.3) is 10.2 Å². The molecule has 0 radical (unpaired) electrons. The molecule has 1 aliphatic heterocycles. The Morgan fingerprint density at radius 3 is 2.87 bits per heavy atom. The van der Waals surface area contributed by atoms with Gasteiger partial charge in [0.2, 0.25) is 5.91 Å². The van der Waals surface area contributed by atoms with E-state index in [0.29, 0.717) is 0 Å². The van der Waals surface area contributed by atoms with Crippen LogP contribution in [0.5, 0.6) is 0 Å². The second kappa shape index (κ2) is 8.33. The van der Waals surface area contributed by atoms with Crippen LogP contribution < -0.4 is 10.0 Å². The summed E-state index contributed by atoms with van der Waals surface area (Å²) in [6.07, 6.45) is 1.98. The third-order valence-electron chi connectivity index (χ3n) is 4.74. The number of nitrogens with zero attached hydrogens (tertiary/aromatic N) is 2. The Hall–Kier alpha value is -1.89. The number of rotatable bonds is 4. The average molecular weight is 487 g/mol. The predicted octanol–water partition coefficient (Wildman–Crippen LogP) is 3.88. The maximum atomic E-state index is 13.4. The van der Waals surface area contributed by atoms with E-state index < -0.39 is 34.0 Å². The fraction of sp³-hybridized carbons (Fsp3) is 0.222. The lowest BCUT2D eigenvalue weighted by Gasteiger charge is -2.35. The van der Waals surface area contributed by atoms with Crippen molar-refractivity contribution >= 4 is 56.1 Å². The first-order valence-electron chi connectivity index (χ1n) is 8.73. The van der Waals surface area contributed by atoms with Gasteiger partial charge >= 0.3 is 0 Å². The highest BCUT2D eigenvalue weighted by Crippen LogP contribution is 2.36. The van der Waals surface area contributed by atoms with Crippen LogP contribution in [0.4, 0.5) is 10.1 Å². The molecule has 1 amide bonds. The standard InChI is InChI=1S/C18H16ClFN4O3S3/c1-24-15(18(25)22-11-2-3-13(20)12(19)5-11)6-14(23-30(24,26)27)16-4-10(8-28-16)17-7-21-9-29-17/h2-5,7-9,14-15,23H,6H2,1H3,(H,22,25)/t14-,15+/m1/s1. The molecule has 0 spiro atoms. The third-order valence-corrected chi connectivity index (χ3v) is 8.49. The molecule has 12 heteroatoms. The lowest BCUT2D eigenvalue weighted by Crippen LogP contribution is -2.55. The number of carbonyl (C=O) groups excluding carboxylic acids is 1. The topological polar surface area (TPSA) is 91.4 Å². The van der Waals surface area contributed by atoms with Crippen LogP contribution in [0.1, 0.15) is 17.3 Å². The van der Waals surface area contributed by atoms with Crippen molar-refractivity contribution in [2.75, 3.05) is 12.4 Å². The van der Waals surface area contributed by atoms with E-state index in [-0.39, 0.29) is 17.1 Å². The van der Waals surface area contributed by atoms with Crippen molar-refractivity contribution in [2.45, 2.75) is 18.5 Å². The zero-order valence-corrected chi connectivity index (χ0v) is 18.7. The smallest absolute Gasteiger partial charge is 0.280 e. The van der Waals surface area contributed by atoms with Crippen LogP contribution in [-0.2, 0) is 15.0 Å². The second-order valence-corrected chi connectivity index (χ2v) is 10.7. The molecule has 0 unspecified atom stereocenters. The van der Waals surface area contributed by atoms with Gasteiger partial charge in [-0.25, -0.2) is 4.39 Å². The molecule has 3 heterocycles. The monoisotopic (exact) mass is 486 g/mol. The Kier molecular flexibility index (Phi) is 5.93. The van der Waals surface area contributed by atoms with Gasteiger partial charge in [0.05, 0.1) is 21.5 Å². The van der Waals surface area contributed by atoms with Crippen LogP contribution in [0.15, 0.2) is 41.4 Å². The summed E-state index contributed by atoms with van der Waals surface area (Å²) in [5.74, 6) is -1.12. The van der Waals surface area contributed by atoms with Gasteiger partial charge in [-0.05, 0) is 36.1 Å². The van der Waals surface area contributed by atoms with Crippen molar-refractivity contribution in [1.82, 2.24) is 14.0 Å². The van der Waals surface area contributed by atoms with Crippen LogP contribution >= 0.6 is 34.3 Å². The van der Waals surface area contributed by atoms with Gasteiger partial charge in [-0.1, -0.05) is 11.6 Å². The van der Waals surface area contributed by atoms with Crippen molar-refractivity contribution in [2.24, 2.45) is 0 Å². The minimum absolute atomic E-state index is 0.133. The summed E-state index contributed by atoms with van der Waals surface area (Å²) in [5.41, 5.74) is 2.97. The summed E-state index contributed by atoms with van der Waals surface area (Å²) >= 11 is 8.67. The maximum absolute atomic E-state index is 13.4. The predicted molar refractivity (Wildman–Crippen MR) is 116 cm³/mol. The third kappa shape index (κ3) is 4.27. The number of carbonyl (C=O) groups is 1. The Labute approximate surface area is 185 Å². The van der Waals surface area contributed by atoms with E-state index in [1.165, 1.54) is 41.9 Å². The number of benzene rings is 1. The number of hydrogen-bond acceptors (Lipinski definition) is 6. The molecule has 2 aromatic heterocycles. The van der Waals surface area contributed by atoms with Gasteiger partial charge in [0.1, 0.15) is 11.9 Å². The zero-order chi connectivity index (χ0) is 21.5. The van der Waals surface area contributed by atoms with E-state index in [1.807, 2.05) is 11.4 Å². The molecule has 1 saturated heterocycles. The minimum Gasteiger partial charge on any atom is -0.325 e. The van der Waals surface area contributed by atoms with E-state index in [4.69, 9.17) is 11.6 Å². The van der Waals surface area contributed by atoms with Crippen molar-refractivity contribution in [3.05, 3.63) is 57.1 Å². The Bertz CT molecular complexity index is 1180. The molecule has 7 nitrogen and oxygen atoms in total. The van der Waals surface area contributed by atoms with Crippen LogP contribution in [0.3, 0.4) is 0 Å². The Morgan fingerprint density at radius 1 is 1.37 bits per heavy atom. The number of amides is 1. The van der Waals surface area contributed by atoms with E-state index in [1.54, 1.807) is 11.7 Å². The Balaban J connectivity index is 1.57. The molecule has 0 aliphatic carbocycles. The normalized spacial score (nSPS) is 21.4. The van der Waals surface area contributed by atoms with E-state index in [9.17, 15) is 17.6 Å². The lowest BCUT2D eigenvalue weighted by atomic mass is 10.0. The summed E-state index contributed by atoms with van der Waals surface area (Å²) < 4.78 is 42.2. The highest BCUT2D eigenvalue weighted by Gasteiger charge is 2.41. The lowest BCUT2D eigenvalue weighted by molar-refractivity contribution is -0.120. The summed E-state index contributed by atoms with van der Waals surface area (Å²) in [7, 11) is -2.53. The molecule has 1 fully saturated rings. The molecule has 4 rings (SSSR count). The largest absolute Gasteiger partial charge is 0.325 e. The quantitative estimate of drug-likeness (QED) is 0.585. The number of thiazole rings is 1. The first-order chi connectivity index (χ1) is 14.2. The van der Waals surface area contributed by atoms with Crippen LogP contribution in [-0.4, -0.2) is 36.7 Å². The molecular weight excluding hydrogens is 471 g/mol. The van der Waals surface area contributed by atoms with Crippen molar-refractivity contribution in [3.63, 3.8) is 0 Å². The van der Waals surface area contributed by atoms with Gasteiger partial charge in [0, 0.05) is 29.4 Å². The zero-order valence-electron chi connectivity index (χ0n) is 15.5. The van der Waals surface area contributed by atoms with Gasteiger partial charge in [0.15, 0.2) is 0 Å². The number of thiophene rings is 1. The number of hydrogen-bond donors (Lipinski definition) is 2. The Morgan fingerprint density at radius 2 is 2.17 bits per heavy atom. The number of aromatic nitrogens is 1. The van der Waals surface area contributed by atoms with E-state index >= 15 is 0 Å². The number of halogens is 2. The summed E-state index contributed by atoms with van der Waals surface area (Å²) in [5, 5.41) is 4.42. The molecule has 2 N–H and O–H groups in total. The summed E-state index contributed by atoms with van der Waals surface area (Å²) in [6.45, 7) is 0. The summed E-state index contributed by atoms with van der Waals surface area (Å²) in [6, 6.07) is 4.20. The molecule has 1 aliphatic rings. The SMILES string of the molecule is CN1[C@H](C(=O)Nc2ccc(F)c(Cl)c2)C[C@H](c2cc(-c3cncs3)cs2)NS1(=O)=O. The molecule has 1 aromatic carbocycles. The second-order valence-electron chi connectivity index (χ2n) is 6.66. The maximum Gasteiger partial charge on any atom is 0.280 e. The van der Waals surface area contributed by atoms with Gasteiger partial charge in [-0.2, -0.15) is 17.4 Å². The molecule has 2 atom stereocenters. The van der Waals surface area contributed by atoms with E-state index in [2.05, 4.69) is 15.0 Å². The van der Waals surface area contributed by atoms with Gasteiger partial charge < -0.3 is 5.32 Å². The van der Waals surface area contributed by atoms with Gasteiger partial charge in [-0.3, -0.25) is 9.78 Å². The first-order valence-corrected chi connectivity index (χ1v) is 12.3. The van der Waals surface area contributed by atoms with Crippen molar-refractivity contribution < 1.29 is 17.6 Å². The highest BCUT2D eigenvalue weighted by atomic mass is 35.5. The highest BCUT2D eigenvalue weighted by molar-refractivity contribution is 7.87. The number of likely N-dealkylation sites (N-methyl/N-ethyl adjacent to an activating group) is 1. The molecule has 158 valence electrons. The van der Waals surface area contributed by atoms with Crippen molar-refractivity contribution in [3.8, 4) is 10.4 Å². The van der Waals surface area contributed by atoms with Crippen LogP contribution in [0, 0.1) is 5.82 Å². The number of nitrogens with one attached hydrogen (secondary N) is 2. The average Bonchev–Trinajstić information content (AvgIpc) is 3.38. The fourth-order valence-corrected chi connectivity index (χ4v) is 6.30. The molecule has 30 heavy (non-hydrogen) atoms. The van der Waals surface area contributed by atoms with Crippen molar-refractivity contribution in [1.29, 1.82) is 0 Å². The molecule has 0 saturated carbocycles. The van der Waals surface area contributed by atoms with E-state index in [0.717, 1.165) is 25.7 Å². The summed E-state index contributed by atoms with van der Waals surface area (Å²) in [4.78, 5) is 18.7.